The van der Waals surface area contributed by atoms with Gasteiger partial charge in [-0.05, 0) is 55.7 Å². The summed E-state index contributed by atoms with van der Waals surface area (Å²) in [5.74, 6) is 0.0331. The summed E-state index contributed by atoms with van der Waals surface area (Å²) in [5, 5.41) is 1.10. The maximum absolute atomic E-state index is 12.7. The van der Waals surface area contributed by atoms with Crippen LogP contribution in [0.4, 0.5) is 0 Å². The van der Waals surface area contributed by atoms with Crippen LogP contribution >= 0.6 is 23.2 Å². The number of halogens is 2. The van der Waals surface area contributed by atoms with E-state index in [1.54, 1.807) is 12.1 Å². The first-order valence-corrected chi connectivity index (χ1v) is 8.59. The van der Waals surface area contributed by atoms with E-state index in [0.717, 1.165) is 57.6 Å². The Morgan fingerprint density at radius 1 is 1.09 bits per heavy atom. The standard InChI is InChI=1S/C17H21Cl2NO2/c1-12-14(18)10-13(11-15(12)19)16(21)20-6-2-17(3-7-20)4-8-22-9-5-17/h10-11H,2-9H2,1H3. The summed E-state index contributed by atoms with van der Waals surface area (Å²) < 4.78 is 5.47. The molecule has 2 aliphatic heterocycles. The number of benzene rings is 1. The van der Waals surface area contributed by atoms with Crippen molar-refractivity contribution in [1.29, 1.82) is 0 Å². The summed E-state index contributed by atoms with van der Waals surface area (Å²) in [6.07, 6.45) is 4.37. The lowest BCUT2D eigenvalue weighted by atomic mass is 9.72. The summed E-state index contributed by atoms with van der Waals surface area (Å²) in [5.41, 5.74) is 1.79. The lowest BCUT2D eigenvalue weighted by Crippen LogP contribution is -2.45. The molecule has 1 amide bonds. The number of carbonyl (C=O) groups excluding carboxylic acids is 1. The number of amides is 1. The van der Waals surface area contributed by atoms with Gasteiger partial charge in [0.05, 0.1) is 0 Å². The molecule has 0 saturated carbocycles. The van der Waals surface area contributed by atoms with Gasteiger partial charge in [0.1, 0.15) is 0 Å². The highest BCUT2D eigenvalue weighted by Gasteiger charge is 2.37. The molecule has 2 heterocycles. The second kappa shape index (κ2) is 6.38. The van der Waals surface area contributed by atoms with Crippen LogP contribution in [0.1, 0.15) is 41.6 Å². The van der Waals surface area contributed by atoms with Crippen molar-refractivity contribution in [2.75, 3.05) is 26.3 Å². The highest BCUT2D eigenvalue weighted by Crippen LogP contribution is 2.41. The van der Waals surface area contributed by atoms with E-state index in [2.05, 4.69) is 0 Å². The fourth-order valence-electron chi connectivity index (χ4n) is 3.44. The molecule has 2 aliphatic rings. The highest BCUT2D eigenvalue weighted by molar-refractivity contribution is 6.36. The van der Waals surface area contributed by atoms with Gasteiger partial charge in [0.2, 0.25) is 0 Å². The van der Waals surface area contributed by atoms with E-state index in [-0.39, 0.29) is 5.91 Å². The van der Waals surface area contributed by atoms with Crippen LogP contribution in [0.5, 0.6) is 0 Å². The highest BCUT2D eigenvalue weighted by atomic mass is 35.5. The number of piperidine rings is 1. The molecule has 0 unspecified atom stereocenters. The smallest absolute Gasteiger partial charge is 0.253 e. The van der Waals surface area contributed by atoms with Crippen LogP contribution in [0.3, 0.4) is 0 Å². The molecule has 0 N–H and O–H groups in total. The molecule has 0 aliphatic carbocycles. The Labute approximate surface area is 141 Å². The lowest BCUT2D eigenvalue weighted by molar-refractivity contribution is -0.0175. The van der Waals surface area contributed by atoms with Crippen LogP contribution in [0, 0.1) is 12.3 Å². The second-order valence-electron chi connectivity index (χ2n) is 6.47. The first-order chi connectivity index (χ1) is 10.5. The molecule has 0 atom stereocenters. The normalized spacial score (nSPS) is 21.1. The maximum atomic E-state index is 12.7. The van der Waals surface area contributed by atoms with Crippen molar-refractivity contribution >= 4 is 29.1 Å². The van der Waals surface area contributed by atoms with Gasteiger partial charge in [-0.3, -0.25) is 4.79 Å². The number of ether oxygens (including phenoxy) is 1. The van der Waals surface area contributed by atoms with Crippen LogP contribution in [0.15, 0.2) is 12.1 Å². The third-order valence-corrected chi connectivity index (χ3v) is 5.98. The van der Waals surface area contributed by atoms with E-state index in [1.165, 1.54) is 0 Å². The van der Waals surface area contributed by atoms with E-state index in [4.69, 9.17) is 27.9 Å². The van der Waals surface area contributed by atoms with Crippen LogP contribution < -0.4 is 0 Å². The number of nitrogens with zero attached hydrogens (tertiary/aromatic N) is 1. The average molecular weight is 342 g/mol. The van der Waals surface area contributed by atoms with Crippen LogP contribution in [-0.2, 0) is 4.74 Å². The largest absolute Gasteiger partial charge is 0.381 e. The third-order valence-electron chi connectivity index (χ3n) is 5.19. The molecule has 3 nitrogen and oxygen atoms in total. The molecule has 1 aromatic rings. The zero-order valence-corrected chi connectivity index (χ0v) is 14.3. The molecular formula is C17H21Cl2NO2. The molecule has 1 aromatic carbocycles. The van der Waals surface area contributed by atoms with Gasteiger partial charge >= 0.3 is 0 Å². The molecule has 120 valence electrons. The van der Waals surface area contributed by atoms with Gasteiger partial charge in [-0.2, -0.15) is 0 Å². The topological polar surface area (TPSA) is 29.5 Å². The Hall–Kier alpha value is -0.770. The van der Waals surface area contributed by atoms with Gasteiger partial charge < -0.3 is 9.64 Å². The van der Waals surface area contributed by atoms with Crippen molar-refractivity contribution in [3.05, 3.63) is 33.3 Å². The minimum atomic E-state index is 0.0331. The summed E-state index contributed by atoms with van der Waals surface area (Å²) in [4.78, 5) is 14.6. The first-order valence-electron chi connectivity index (χ1n) is 7.83. The molecule has 0 radical (unpaired) electrons. The van der Waals surface area contributed by atoms with Gasteiger partial charge in [-0.25, -0.2) is 0 Å². The van der Waals surface area contributed by atoms with Gasteiger partial charge in [-0.15, -0.1) is 0 Å². The van der Waals surface area contributed by atoms with Crippen molar-refractivity contribution in [3.8, 4) is 0 Å². The fraction of sp³-hybridized carbons (Fsp3) is 0.588. The Morgan fingerprint density at radius 3 is 2.18 bits per heavy atom. The molecule has 0 bridgehead atoms. The van der Waals surface area contributed by atoms with Crippen molar-refractivity contribution < 1.29 is 9.53 Å². The summed E-state index contributed by atoms with van der Waals surface area (Å²) in [6.45, 7) is 5.19. The van der Waals surface area contributed by atoms with E-state index in [1.807, 2.05) is 11.8 Å². The minimum absolute atomic E-state index is 0.0331. The first kappa shape index (κ1) is 16.1. The molecule has 2 saturated heterocycles. The van der Waals surface area contributed by atoms with E-state index in [0.29, 0.717) is 21.0 Å². The van der Waals surface area contributed by atoms with Crippen LogP contribution in [-0.4, -0.2) is 37.1 Å². The van der Waals surface area contributed by atoms with Gasteiger partial charge in [0.15, 0.2) is 0 Å². The number of rotatable bonds is 1. The molecule has 5 heteroatoms. The van der Waals surface area contributed by atoms with Crippen LogP contribution in [0.25, 0.3) is 0 Å². The minimum Gasteiger partial charge on any atom is -0.381 e. The van der Waals surface area contributed by atoms with Gasteiger partial charge in [0, 0.05) is 41.9 Å². The molecule has 3 rings (SSSR count). The van der Waals surface area contributed by atoms with Crippen LogP contribution in [0.2, 0.25) is 10.0 Å². The Bertz CT molecular complexity index is 549. The number of hydrogen-bond donors (Lipinski definition) is 0. The molecule has 1 spiro atoms. The number of hydrogen-bond acceptors (Lipinski definition) is 2. The lowest BCUT2D eigenvalue weighted by Gasteiger charge is -2.44. The number of carbonyl (C=O) groups is 1. The Kier molecular flexibility index (Phi) is 4.67. The van der Waals surface area contributed by atoms with Gasteiger partial charge in [-0.1, -0.05) is 23.2 Å². The third kappa shape index (κ3) is 3.12. The van der Waals surface area contributed by atoms with Gasteiger partial charge in [0.25, 0.3) is 5.91 Å². The summed E-state index contributed by atoms with van der Waals surface area (Å²) in [7, 11) is 0. The zero-order valence-electron chi connectivity index (χ0n) is 12.8. The quantitative estimate of drug-likeness (QED) is 0.760. The predicted octanol–water partition coefficient (Wildman–Crippen LogP) is 4.33. The SMILES string of the molecule is Cc1c(Cl)cc(C(=O)N2CCC3(CCOCC3)CC2)cc1Cl. The molecular weight excluding hydrogens is 321 g/mol. The average Bonchev–Trinajstić information content (AvgIpc) is 2.53. The molecule has 22 heavy (non-hydrogen) atoms. The Balaban J connectivity index is 1.69. The van der Waals surface area contributed by atoms with Crippen molar-refractivity contribution in [2.45, 2.75) is 32.6 Å². The number of likely N-dealkylation sites (tertiary alicyclic amines) is 1. The van der Waals surface area contributed by atoms with Crippen molar-refractivity contribution in [2.24, 2.45) is 5.41 Å². The fourth-order valence-corrected chi connectivity index (χ4v) is 3.93. The summed E-state index contributed by atoms with van der Waals surface area (Å²) >= 11 is 12.3. The summed E-state index contributed by atoms with van der Waals surface area (Å²) in [6, 6.07) is 3.45. The van der Waals surface area contributed by atoms with E-state index >= 15 is 0 Å². The second-order valence-corrected chi connectivity index (χ2v) is 7.28. The molecule has 0 aromatic heterocycles. The van der Waals surface area contributed by atoms with Crippen molar-refractivity contribution in [3.63, 3.8) is 0 Å². The van der Waals surface area contributed by atoms with E-state index < -0.39 is 0 Å². The molecule has 2 fully saturated rings. The van der Waals surface area contributed by atoms with Crippen molar-refractivity contribution in [1.82, 2.24) is 4.90 Å². The monoisotopic (exact) mass is 341 g/mol. The Morgan fingerprint density at radius 2 is 1.64 bits per heavy atom. The van der Waals surface area contributed by atoms with E-state index in [9.17, 15) is 4.79 Å². The maximum Gasteiger partial charge on any atom is 0.253 e. The predicted molar refractivity (Wildman–Crippen MR) is 88.8 cm³/mol. The zero-order chi connectivity index (χ0) is 15.7.